The van der Waals surface area contributed by atoms with E-state index in [0.717, 1.165) is 43.6 Å². The van der Waals surface area contributed by atoms with E-state index < -0.39 is 10.0 Å². The van der Waals surface area contributed by atoms with Gasteiger partial charge in [0.15, 0.2) is 0 Å². The number of allylic oxidation sites excluding steroid dienone is 1. The van der Waals surface area contributed by atoms with Crippen molar-refractivity contribution < 1.29 is 13.2 Å². The first kappa shape index (κ1) is 25.6. The number of piperidine rings is 1. The molecular formula is C30H48N2O3S. The number of hydrogen-bond acceptors (Lipinski definition) is 4. The van der Waals surface area contributed by atoms with Gasteiger partial charge in [0.2, 0.25) is 10.0 Å². The van der Waals surface area contributed by atoms with E-state index in [4.69, 9.17) is 4.74 Å². The minimum Gasteiger partial charge on any atom is -0.369 e. The highest BCUT2D eigenvalue weighted by Gasteiger charge is 2.59. The van der Waals surface area contributed by atoms with Crippen LogP contribution in [0.5, 0.6) is 0 Å². The molecule has 11 atom stereocenters. The highest BCUT2D eigenvalue weighted by atomic mass is 32.2. The number of rotatable bonds is 2. The van der Waals surface area contributed by atoms with Crippen molar-refractivity contribution in [2.75, 3.05) is 12.8 Å². The van der Waals surface area contributed by atoms with E-state index in [2.05, 4.69) is 37.4 Å². The third-order valence-electron chi connectivity index (χ3n) is 12.1. The molecule has 2 aliphatic heterocycles. The second kappa shape index (κ2) is 8.91. The third-order valence-corrected chi connectivity index (χ3v) is 12.6. The Hall–Kier alpha value is -0.720. The maximum Gasteiger partial charge on any atom is 0.249 e. The van der Waals surface area contributed by atoms with Gasteiger partial charge in [0.05, 0.1) is 18.0 Å². The van der Waals surface area contributed by atoms with Gasteiger partial charge in [-0.15, -0.1) is 0 Å². The molecule has 0 aromatic heterocycles. The average Bonchev–Trinajstić information content (AvgIpc) is 3.27. The highest BCUT2D eigenvalue weighted by molar-refractivity contribution is 7.89. The minimum absolute atomic E-state index is 0.0292. The molecule has 0 amide bonds. The molecule has 0 aromatic rings. The van der Waals surface area contributed by atoms with E-state index in [1.54, 1.807) is 17.4 Å². The SMILES string of the molecule is CC1=C2C[C@H]3[C@@H](CC[C@@H]4CC(/C=N/S(C)(=O)=O)CC[C@@]43C)[C@@H]2CC[C@@]2(C1)O[C@@H]1C[C@H](C)CN[C@H]1[C@H]2C. The summed E-state index contributed by atoms with van der Waals surface area (Å²) in [4.78, 5) is 0. The van der Waals surface area contributed by atoms with E-state index in [1.165, 1.54) is 51.2 Å². The van der Waals surface area contributed by atoms with Crippen LogP contribution in [0.1, 0.15) is 91.9 Å². The largest absolute Gasteiger partial charge is 0.369 e. The van der Waals surface area contributed by atoms with Crippen molar-refractivity contribution >= 4 is 16.2 Å². The fraction of sp³-hybridized carbons (Fsp3) is 0.900. The summed E-state index contributed by atoms with van der Waals surface area (Å²) in [6, 6.07) is 0.528. The van der Waals surface area contributed by atoms with Gasteiger partial charge in [0, 0.05) is 18.2 Å². The highest BCUT2D eigenvalue weighted by Crippen LogP contribution is 2.65. The molecule has 1 N–H and O–H groups in total. The van der Waals surface area contributed by atoms with Crippen LogP contribution in [0.15, 0.2) is 15.5 Å². The summed E-state index contributed by atoms with van der Waals surface area (Å²) >= 11 is 0. The van der Waals surface area contributed by atoms with E-state index in [-0.39, 0.29) is 5.60 Å². The van der Waals surface area contributed by atoms with Gasteiger partial charge in [-0.2, -0.15) is 4.40 Å². The van der Waals surface area contributed by atoms with Crippen LogP contribution in [0.3, 0.4) is 0 Å². The first-order chi connectivity index (χ1) is 17.0. The van der Waals surface area contributed by atoms with E-state index in [1.807, 2.05) is 0 Å². The normalized spacial score (nSPS) is 51.1. The van der Waals surface area contributed by atoms with Gasteiger partial charge in [0.25, 0.3) is 0 Å². The standard InChI is InChI=1S/C30H48N2O3S/c1-18-12-27-28(31-16-18)20(3)30(35-27)11-9-23-24-7-6-22-13-21(17-32-36(5,33)34)8-10-29(22,4)26(24)14-25(23)19(2)15-30/h17-18,20-24,26-28,31H,6-16H2,1-5H3/b32-17+/t18-,20+,21?,22+,23-,24-,26-,27+,28-,29-,30-/m0/s1. The van der Waals surface area contributed by atoms with Crippen LogP contribution >= 0.6 is 0 Å². The smallest absolute Gasteiger partial charge is 0.249 e. The van der Waals surface area contributed by atoms with Crippen molar-refractivity contribution in [3.05, 3.63) is 11.1 Å². The number of sulfonamides is 1. The zero-order valence-corrected chi connectivity index (χ0v) is 23.9. The van der Waals surface area contributed by atoms with Crippen molar-refractivity contribution in [1.29, 1.82) is 0 Å². The van der Waals surface area contributed by atoms with Crippen LogP contribution in [0.4, 0.5) is 0 Å². The summed E-state index contributed by atoms with van der Waals surface area (Å²) < 4.78 is 34.0. The first-order valence-corrected chi connectivity index (χ1v) is 16.7. The quantitative estimate of drug-likeness (QED) is 0.374. The van der Waals surface area contributed by atoms with E-state index >= 15 is 0 Å². The summed E-state index contributed by atoms with van der Waals surface area (Å²) in [6.07, 6.45) is 15.6. The van der Waals surface area contributed by atoms with Crippen molar-refractivity contribution in [2.45, 2.75) is 110 Å². The van der Waals surface area contributed by atoms with Gasteiger partial charge in [-0.25, -0.2) is 8.42 Å². The summed E-state index contributed by atoms with van der Waals surface area (Å²) in [5, 5.41) is 3.86. The van der Waals surface area contributed by atoms with Crippen LogP contribution in [0.2, 0.25) is 0 Å². The molecule has 3 saturated carbocycles. The van der Waals surface area contributed by atoms with Gasteiger partial charge >= 0.3 is 0 Å². The van der Waals surface area contributed by atoms with E-state index in [0.29, 0.717) is 41.2 Å². The molecule has 1 spiro atoms. The molecule has 1 unspecified atom stereocenters. The molecule has 0 aromatic carbocycles. The van der Waals surface area contributed by atoms with Crippen LogP contribution in [-0.2, 0) is 14.8 Å². The Labute approximate surface area is 219 Å². The van der Waals surface area contributed by atoms with Crippen LogP contribution in [-0.4, -0.2) is 45.2 Å². The van der Waals surface area contributed by atoms with Gasteiger partial charge < -0.3 is 10.1 Å². The summed E-state index contributed by atoms with van der Waals surface area (Å²) in [6.45, 7) is 11.0. The summed E-state index contributed by atoms with van der Waals surface area (Å²) in [5.74, 6) is 4.68. The van der Waals surface area contributed by atoms with Gasteiger partial charge in [-0.3, -0.25) is 0 Å². The number of fused-ring (bicyclic) bond motifs is 6. The Bertz CT molecular complexity index is 1050. The molecule has 2 saturated heterocycles. The second-order valence-corrected chi connectivity index (χ2v) is 15.9. The van der Waals surface area contributed by atoms with E-state index in [9.17, 15) is 8.42 Å². The zero-order valence-electron chi connectivity index (χ0n) is 23.1. The van der Waals surface area contributed by atoms with Crippen molar-refractivity contribution in [1.82, 2.24) is 5.32 Å². The molecule has 6 heteroatoms. The molecular weight excluding hydrogens is 468 g/mol. The molecule has 202 valence electrons. The number of nitrogens with zero attached hydrogens (tertiary/aromatic N) is 1. The molecule has 36 heavy (non-hydrogen) atoms. The fourth-order valence-electron chi connectivity index (χ4n) is 10.2. The molecule has 0 radical (unpaired) electrons. The number of nitrogens with one attached hydrogen (secondary N) is 1. The Morgan fingerprint density at radius 2 is 1.92 bits per heavy atom. The Kier molecular flexibility index (Phi) is 6.32. The molecule has 6 rings (SSSR count). The predicted molar refractivity (Wildman–Crippen MR) is 145 cm³/mol. The van der Waals surface area contributed by atoms with Crippen LogP contribution in [0.25, 0.3) is 0 Å². The Morgan fingerprint density at radius 3 is 2.69 bits per heavy atom. The Morgan fingerprint density at radius 1 is 1.11 bits per heavy atom. The van der Waals surface area contributed by atoms with Gasteiger partial charge in [-0.1, -0.05) is 31.9 Å². The zero-order chi connectivity index (χ0) is 25.5. The topological polar surface area (TPSA) is 67.8 Å². The van der Waals surface area contributed by atoms with Crippen molar-refractivity contribution in [3.63, 3.8) is 0 Å². The Balaban J connectivity index is 1.21. The maximum absolute atomic E-state index is 11.6. The molecule has 5 fully saturated rings. The molecule has 2 heterocycles. The summed E-state index contributed by atoms with van der Waals surface area (Å²) in [5.41, 5.74) is 3.87. The molecule has 5 nitrogen and oxygen atoms in total. The van der Waals surface area contributed by atoms with Gasteiger partial charge in [-0.05, 0) is 119 Å². The first-order valence-electron chi connectivity index (χ1n) is 14.8. The van der Waals surface area contributed by atoms with Crippen LogP contribution < -0.4 is 5.32 Å². The minimum atomic E-state index is -3.28. The van der Waals surface area contributed by atoms with Gasteiger partial charge in [0.1, 0.15) is 0 Å². The maximum atomic E-state index is 11.6. The lowest BCUT2D eigenvalue weighted by atomic mass is 9.51. The van der Waals surface area contributed by atoms with Crippen molar-refractivity contribution in [3.8, 4) is 0 Å². The lowest BCUT2D eigenvalue weighted by molar-refractivity contribution is -0.0746. The fourth-order valence-corrected chi connectivity index (χ4v) is 10.6. The average molecular weight is 517 g/mol. The summed E-state index contributed by atoms with van der Waals surface area (Å²) in [7, 11) is -3.28. The second-order valence-electron chi connectivity index (χ2n) is 14.2. The molecule has 6 aliphatic rings. The molecule has 0 bridgehead atoms. The van der Waals surface area contributed by atoms with Crippen molar-refractivity contribution in [2.24, 2.45) is 51.2 Å². The lowest BCUT2D eigenvalue weighted by Gasteiger charge is -2.54. The number of ether oxygens (including phenoxy) is 1. The molecule has 4 aliphatic carbocycles. The predicted octanol–water partition coefficient (Wildman–Crippen LogP) is 5.76. The third kappa shape index (κ3) is 4.16. The lowest BCUT2D eigenvalue weighted by Crippen LogP contribution is -2.48. The number of hydrogen-bond donors (Lipinski definition) is 1. The monoisotopic (exact) mass is 516 g/mol. The van der Waals surface area contributed by atoms with Crippen LogP contribution in [0, 0.1) is 46.8 Å².